The molecule has 1 N–H and O–H groups in total. The first-order chi connectivity index (χ1) is 9.75. The standard InChI is InChI=1S/C16H22BrFN2/c17-13-7-4-8-14(18)16(13)20-10-9-19-15(11-20)12-5-2-1-3-6-12/h4,7-8,12,15,19H,1-3,5-6,9-11H2. The third-order valence-electron chi connectivity index (χ3n) is 4.68. The van der Waals surface area contributed by atoms with Gasteiger partial charge in [-0.25, -0.2) is 4.39 Å². The molecule has 1 atom stereocenters. The molecule has 2 fully saturated rings. The van der Waals surface area contributed by atoms with Crippen molar-refractivity contribution in [2.45, 2.75) is 38.1 Å². The van der Waals surface area contributed by atoms with Crippen molar-refractivity contribution >= 4 is 21.6 Å². The molecule has 3 rings (SSSR count). The van der Waals surface area contributed by atoms with Gasteiger partial charge in [0.15, 0.2) is 0 Å². The molecular weight excluding hydrogens is 319 g/mol. The fraction of sp³-hybridized carbons (Fsp3) is 0.625. The minimum absolute atomic E-state index is 0.122. The molecule has 1 saturated heterocycles. The van der Waals surface area contributed by atoms with E-state index in [9.17, 15) is 4.39 Å². The van der Waals surface area contributed by atoms with E-state index in [0.29, 0.717) is 6.04 Å². The first-order valence-electron chi connectivity index (χ1n) is 7.68. The second-order valence-electron chi connectivity index (χ2n) is 5.97. The highest BCUT2D eigenvalue weighted by atomic mass is 79.9. The van der Waals surface area contributed by atoms with Gasteiger partial charge in [-0.3, -0.25) is 0 Å². The second kappa shape index (κ2) is 6.44. The van der Waals surface area contributed by atoms with Crippen LogP contribution in [0.4, 0.5) is 10.1 Å². The van der Waals surface area contributed by atoms with Gasteiger partial charge in [0, 0.05) is 30.1 Å². The topological polar surface area (TPSA) is 15.3 Å². The SMILES string of the molecule is Fc1cccc(Br)c1N1CCNC(C2CCCCC2)C1. The van der Waals surface area contributed by atoms with Crippen LogP contribution in [-0.4, -0.2) is 25.7 Å². The number of hydrogen-bond donors (Lipinski definition) is 1. The highest BCUT2D eigenvalue weighted by Gasteiger charge is 2.29. The molecule has 0 amide bonds. The highest BCUT2D eigenvalue weighted by Crippen LogP contribution is 2.32. The van der Waals surface area contributed by atoms with Crippen molar-refractivity contribution in [3.63, 3.8) is 0 Å². The highest BCUT2D eigenvalue weighted by molar-refractivity contribution is 9.10. The summed E-state index contributed by atoms with van der Waals surface area (Å²) >= 11 is 3.50. The van der Waals surface area contributed by atoms with Gasteiger partial charge in [-0.15, -0.1) is 0 Å². The van der Waals surface area contributed by atoms with Crippen LogP contribution in [0.2, 0.25) is 0 Å². The van der Waals surface area contributed by atoms with E-state index in [0.717, 1.165) is 35.7 Å². The Hall–Kier alpha value is -0.610. The molecule has 2 nitrogen and oxygen atoms in total. The van der Waals surface area contributed by atoms with Crippen LogP contribution < -0.4 is 10.2 Å². The summed E-state index contributed by atoms with van der Waals surface area (Å²) in [7, 11) is 0. The molecule has 1 aliphatic carbocycles. The van der Waals surface area contributed by atoms with Gasteiger partial charge in [0.1, 0.15) is 5.82 Å². The molecule has 2 aliphatic rings. The maximum Gasteiger partial charge on any atom is 0.147 e. The van der Waals surface area contributed by atoms with Gasteiger partial charge >= 0.3 is 0 Å². The summed E-state index contributed by atoms with van der Waals surface area (Å²) in [6.45, 7) is 2.74. The molecule has 0 aromatic heterocycles. The summed E-state index contributed by atoms with van der Waals surface area (Å²) in [5.41, 5.74) is 0.731. The van der Waals surface area contributed by atoms with E-state index in [-0.39, 0.29) is 5.82 Å². The van der Waals surface area contributed by atoms with Crippen LogP contribution in [-0.2, 0) is 0 Å². The number of hydrogen-bond acceptors (Lipinski definition) is 2. The Labute approximate surface area is 128 Å². The number of nitrogens with zero attached hydrogens (tertiary/aromatic N) is 1. The van der Waals surface area contributed by atoms with Gasteiger partial charge in [0.05, 0.1) is 5.69 Å². The molecular formula is C16H22BrFN2. The Morgan fingerprint density at radius 3 is 2.75 bits per heavy atom. The molecule has 0 radical (unpaired) electrons. The number of nitrogens with one attached hydrogen (secondary N) is 1. The van der Waals surface area contributed by atoms with Gasteiger partial charge in [-0.1, -0.05) is 25.3 Å². The molecule has 0 spiro atoms. The average molecular weight is 341 g/mol. The number of rotatable bonds is 2. The van der Waals surface area contributed by atoms with Crippen molar-refractivity contribution in [2.24, 2.45) is 5.92 Å². The fourth-order valence-electron chi connectivity index (χ4n) is 3.62. The smallest absolute Gasteiger partial charge is 0.147 e. The first kappa shape index (κ1) is 14.3. The van der Waals surface area contributed by atoms with E-state index < -0.39 is 0 Å². The largest absolute Gasteiger partial charge is 0.365 e. The van der Waals surface area contributed by atoms with Gasteiger partial charge in [-0.05, 0) is 46.8 Å². The number of halogens is 2. The van der Waals surface area contributed by atoms with Gasteiger partial charge in [-0.2, -0.15) is 0 Å². The van der Waals surface area contributed by atoms with Gasteiger partial charge in [0.25, 0.3) is 0 Å². The Morgan fingerprint density at radius 1 is 1.20 bits per heavy atom. The van der Waals surface area contributed by atoms with E-state index >= 15 is 0 Å². The van der Waals surface area contributed by atoms with Crippen molar-refractivity contribution in [3.05, 3.63) is 28.5 Å². The van der Waals surface area contributed by atoms with Crippen molar-refractivity contribution in [1.82, 2.24) is 5.32 Å². The lowest BCUT2D eigenvalue weighted by Gasteiger charge is -2.40. The molecule has 20 heavy (non-hydrogen) atoms. The fourth-order valence-corrected chi connectivity index (χ4v) is 4.22. The Kier molecular flexibility index (Phi) is 4.61. The average Bonchev–Trinajstić information content (AvgIpc) is 2.48. The molecule has 0 bridgehead atoms. The molecule has 110 valence electrons. The zero-order valence-corrected chi connectivity index (χ0v) is 13.3. The molecule has 1 aromatic rings. The van der Waals surface area contributed by atoms with Gasteiger partial charge in [0.2, 0.25) is 0 Å². The van der Waals surface area contributed by atoms with Crippen LogP contribution in [0.25, 0.3) is 0 Å². The Bertz CT molecular complexity index is 440. The number of benzene rings is 1. The number of para-hydroxylation sites is 1. The predicted molar refractivity (Wildman–Crippen MR) is 84.7 cm³/mol. The van der Waals surface area contributed by atoms with E-state index in [1.807, 2.05) is 6.07 Å². The van der Waals surface area contributed by atoms with Crippen molar-refractivity contribution in [2.75, 3.05) is 24.5 Å². The van der Waals surface area contributed by atoms with Crippen LogP contribution in [0.1, 0.15) is 32.1 Å². The normalized spacial score (nSPS) is 24.9. The number of anilines is 1. The van der Waals surface area contributed by atoms with Crippen LogP contribution in [0, 0.1) is 11.7 Å². The Balaban J connectivity index is 1.74. The Morgan fingerprint density at radius 2 is 2.00 bits per heavy atom. The maximum absolute atomic E-state index is 14.1. The monoisotopic (exact) mass is 340 g/mol. The summed E-state index contributed by atoms with van der Waals surface area (Å²) in [4.78, 5) is 2.20. The van der Waals surface area contributed by atoms with E-state index in [4.69, 9.17) is 0 Å². The zero-order valence-electron chi connectivity index (χ0n) is 11.7. The molecule has 1 unspecified atom stereocenters. The lowest BCUT2D eigenvalue weighted by Crippen LogP contribution is -2.54. The number of piperazine rings is 1. The molecule has 1 aromatic carbocycles. The summed E-state index contributed by atoms with van der Waals surface area (Å²) in [6, 6.07) is 5.74. The zero-order chi connectivity index (χ0) is 13.9. The van der Waals surface area contributed by atoms with E-state index in [1.54, 1.807) is 12.1 Å². The summed E-state index contributed by atoms with van der Waals surface area (Å²) in [5, 5.41) is 3.65. The molecule has 1 aliphatic heterocycles. The molecule has 1 saturated carbocycles. The predicted octanol–water partition coefficient (Wildman–Crippen LogP) is 3.95. The van der Waals surface area contributed by atoms with E-state index in [1.165, 1.54) is 32.1 Å². The molecule has 4 heteroatoms. The summed E-state index contributed by atoms with van der Waals surface area (Å²) in [5.74, 6) is 0.640. The molecule has 1 heterocycles. The van der Waals surface area contributed by atoms with Crippen molar-refractivity contribution in [3.8, 4) is 0 Å². The van der Waals surface area contributed by atoms with Crippen molar-refractivity contribution < 1.29 is 4.39 Å². The lowest BCUT2D eigenvalue weighted by molar-refractivity contribution is 0.256. The second-order valence-corrected chi connectivity index (χ2v) is 6.83. The minimum Gasteiger partial charge on any atom is -0.365 e. The third kappa shape index (κ3) is 3.01. The summed E-state index contributed by atoms with van der Waals surface area (Å²) in [6.07, 6.45) is 6.73. The lowest BCUT2D eigenvalue weighted by atomic mass is 9.83. The maximum atomic E-state index is 14.1. The van der Waals surface area contributed by atoms with Crippen molar-refractivity contribution in [1.29, 1.82) is 0 Å². The van der Waals surface area contributed by atoms with E-state index in [2.05, 4.69) is 26.1 Å². The summed E-state index contributed by atoms with van der Waals surface area (Å²) < 4.78 is 15.0. The van der Waals surface area contributed by atoms with Crippen LogP contribution in [0.15, 0.2) is 22.7 Å². The van der Waals surface area contributed by atoms with Crippen LogP contribution >= 0.6 is 15.9 Å². The first-order valence-corrected chi connectivity index (χ1v) is 8.47. The minimum atomic E-state index is -0.122. The van der Waals surface area contributed by atoms with Gasteiger partial charge < -0.3 is 10.2 Å². The quantitative estimate of drug-likeness (QED) is 0.876. The third-order valence-corrected chi connectivity index (χ3v) is 5.32. The van der Waals surface area contributed by atoms with Crippen LogP contribution in [0.5, 0.6) is 0 Å². The van der Waals surface area contributed by atoms with Crippen LogP contribution in [0.3, 0.4) is 0 Å².